The Balaban J connectivity index is 2.96. The maximum atomic E-state index is 12.4. The molecule has 0 heterocycles. The van der Waals surface area contributed by atoms with Crippen LogP contribution in [0.3, 0.4) is 0 Å². The average Bonchev–Trinajstić information content (AvgIpc) is 2.43. The molecule has 5 nitrogen and oxygen atoms in total. The zero-order valence-electron chi connectivity index (χ0n) is 13.0. The molecule has 21 heavy (non-hydrogen) atoms. The van der Waals surface area contributed by atoms with E-state index in [1.54, 1.807) is 19.1 Å². The Labute approximate surface area is 127 Å². The van der Waals surface area contributed by atoms with Gasteiger partial charge in [-0.3, -0.25) is 0 Å². The summed E-state index contributed by atoms with van der Waals surface area (Å²) in [5.41, 5.74) is 0.573. The number of aliphatic hydroxyl groups excluding tert-OH is 1. The SMILES string of the molecule is CCOCC(NS(=O)(=O)c1cccc(C(C)O)c1)C(C)C. The Kier molecular flexibility index (Phi) is 6.80. The second kappa shape index (κ2) is 7.89. The monoisotopic (exact) mass is 315 g/mol. The molecule has 6 heteroatoms. The normalized spacial score (nSPS) is 15.1. The molecule has 0 amide bonds. The first-order valence-electron chi connectivity index (χ1n) is 7.16. The fourth-order valence-electron chi connectivity index (χ4n) is 1.82. The molecule has 2 atom stereocenters. The Bertz CT molecular complexity index is 540. The summed E-state index contributed by atoms with van der Waals surface area (Å²) in [6.07, 6.45) is -0.704. The molecular weight excluding hydrogens is 290 g/mol. The van der Waals surface area contributed by atoms with Crippen molar-refractivity contribution in [3.05, 3.63) is 29.8 Å². The number of rotatable bonds is 8. The van der Waals surface area contributed by atoms with E-state index >= 15 is 0 Å². The van der Waals surface area contributed by atoms with Crippen LogP contribution in [0.5, 0.6) is 0 Å². The van der Waals surface area contributed by atoms with Gasteiger partial charge in [-0.2, -0.15) is 0 Å². The number of sulfonamides is 1. The van der Waals surface area contributed by atoms with Crippen LogP contribution in [-0.4, -0.2) is 32.8 Å². The Morgan fingerprint density at radius 3 is 2.48 bits per heavy atom. The van der Waals surface area contributed by atoms with Gasteiger partial charge < -0.3 is 9.84 Å². The molecule has 0 aromatic heterocycles. The summed E-state index contributed by atoms with van der Waals surface area (Å²) in [6, 6.07) is 6.05. The lowest BCUT2D eigenvalue weighted by molar-refractivity contribution is 0.116. The van der Waals surface area contributed by atoms with E-state index in [1.165, 1.54) is 12.1 Å². The maximum absolute atomic E-state index is 12.4. The fraction of sp³-hybridized carbons (Fsp3) is 0.600. The number of benzene rings is 1. The summed E-state index contributed by atoms with van der Waals surface area (Å²) in [7, 11) is -3.63. The summed E-state index contributed by atoms with van der Waals surface area (Å²) >= 11 is 0. The molecule has 2 N–H and O–H groups in total. The molecule has 0 aliphatic rings. The van der Waals surface area contributed by atoms with E-state index < -0.39 is 16.1 Å². The third kappa shape index (κ3) is 5.39. The largest absolute Gasteiger partial charge is 0.389 e. The van der Waals surface area contributed by atoms with Gasteiger partial charge >= 0.3 is 0 Å². The lowest BCUT2D eigenvalue weighted by Crippen LogP contribution is -2.41. The van der Waals surface area contributed by atoms with E-state index in [0.29, 0.717) is 18.8 Å². The van der Waals surface area contributed by atoms with Gasteiger partial charge in [0.2, 0.25) is 10.0 Å². The average molecular weight is 315 g/mol. The van der Waals surface area contributed by atoms with Crippen molar-refractivity contribution < 1.29 is 18.3 Å². The summed E-state index contributed by atoms with van der Waals surface area (Å²) in [5.74, 6) is 0.117. The number of ether oxygens (including phenoxy) is 1. The van der Waals surface area contributed by atoms with Gasteiger partial charge in [0.1, 0.15) is 0 Å². The molecule has 0 bridgehead atoms. The van der Waals surface area contributed by atoms with E-state index in [9.17, 15) is 13.5 Å². The fourth-order valence-corrected chi connectivity index (χ4v) is 3.24. The minimum atomic E-state index is -3.63. The van der Waals surface area contributed by atoms with E-state index in [-0.39, 0.29) is 16.9 Å². The lowest BCUT2D eigenvalue weighted by atomic mass is 10.1. The Morgan fingerprint density at radius 2 is 1.95 bits per heavy atom. The van der Waals surface area contributed by atoms with E-state index in [4.69, 9.17) is 4.74 Å². The first-order chi connectivity index (χ1) is 9.77. The molecule has 0 spiro atoms. The van der Waals surface area contributed by atoms with Gasteiger partial charge in [0.25, 0.3) is 0 Å². The molecule has 0 aliphatic heterocycles. The predicted octanol–water partition coefficient (Wildman–Crippen LogP) is 2.08. The Morgan fingerprint density at radius 1 is 1.29 bits per heavy atom. The Hall–Kier alpha value is -0.950. The van der Waals surface area contributed by atoms with E-state index in [1.807, 2.05) is 20.8 Å². The van der Waals surface area contributed by atoms with Crippen molar-refractivity contribution in [2.75, 3.05) is 13.2 Å². The summed E-state index contributed by atoms with van der Waals surface area (Å²) in [4.78, 5) is 0.156. The van der Waals surface area contributed by atoms with E-state index in [0.717, 1.165) is 0 Å². The lowest BCUT2D eigenvalue weighted by Gasteiger charge is -2.22. The van der Waals surface area contributed by atoms with Crippen LogP contribution in [0.2, 0.25) is 0 Å². The van der Waals surface area contributed by atoms with Gasteiger partial charge in [0.15, 0.2) is 0 Å². The second-order valence-electron chi connectivity index (χ2n) is 5.38. The first-order valence-corrected chi connectivity index (χ1v) is 8.64. The van der Waals surface area contributed by atoms with Gasteiger partial charge in [-0.25, -0.2) is 13.1 Å². The molecule has 0 aliphatic carbocycles. The van der Waals surface area contributed by atoms with Crippen LogP contribution in [0.4, 0.5) is 0 Å². The van der Waals surface area contributed by atoms with Gasteiger partial charge in [0.05, 0.1) is 17.6 Å². The van der Waals surface area contributed by atoms with Crippen LogP contribution in [0.1, 0.15) is 39.4 Å². The predicted molar refractivity (Wildman–Crippen MR) is 82.5 cm³/mol. The minimum absolute atomic E-state index is 0.117. The molecule has 0 saturated carbocycles. The topological polar surface area (TPSA) is 75.6 Å². The third-order valence-electron chi connectivity index (χ3n) is 3.26. The molecular formula is C15H25NO4S. The third-order valence-corrected chi connectivity index (χ3v) is 4.75. The zero-order chi connectivity index (χ0) is 16.0. The molecule has 0 fully saturated rings. The quantitative estimate of drug-likeness (QED) is 0.770. The molecule has 1 aromatic carbocycles. The van der Waals surface area contributed by atoms with Crippen molar-refractivity contribution in [2.24, 2.45) is 5.92 Å². The van der Waals surface area contributed by atoms with Crippen molar-refractivity contribution in [2.45, 2.75) is 44.7 Å². The maximum Gasteiger partial charge on any atom is 0.240 e. The van der Waals surface area contributed by atoms with Crippen LogP contribution in [0.25, 0.3) is 0 Å². The summed E-state index contributed by atoms with van der Waals surface area (Å²) in [6.45, 7) is 8.24. The van der Waals surface area contributed by atoms with Crippen molar-refractivity contribution in [3.63, 3.8) is 0 Å². The molecule has 0 saturated heterocycles. The number of nitrogens with one attached hydrogen (secondary N) is 1. The van der Waals surface area contributed by atoms with Crippen LogP contribution in [0, 0.1) is 5.92 Å². The van der Waals surface area contributed by atoms with Crippen molar-refractivity contribution in [1.29, 1.82) is 0 Å². The van der Waals surface area contributed by atoms with Gasteiger partial charge in [-0.1, -0.05) is 26.0 Å². The second-order valence-corrected chi connectivity index (χ2v) is 7.09. The highest BCUT2D eigenvalue weighted by atomic mass is 32.2. The van der Waals surface area contributed by atoms with Crippen LogP contribution in [0.15, 0.2) is 29.2 Å². The highest BCUT2D eigenvalue weighted by molar-refractivity contribution is 7.89. The highest BCUT2D eigenvalue weighted by Crippen LogP contribution is 2.18. The van der Waals surface area contributed by atoms with Crippen molar-refractivity contribution >= 4 is 10.0 Å². The van der Waals surface area contributed by atoms with Gasteiger partial charge in [-0.05, 0) is 37.5 Å². The molecule has 2 unspecified atom stereocenters. The van der Waals surface area contributed by atoms with Gasteiger partial charge in [0, 0.05) is 12.6 Å². The van der Waals surface area contributed by atoms with Gasteiger partial charge in [-0.15, -0.1) is 0 Å². The molecule has 1 aromatic rings. The highest BCUT2D eigenvalue weighted by Gasteiger charge is 2.23. The minimum Gasteiger partial charge on any atom is -0.389 e. The molecule has 120 valence electrons. The van der Waals surface area contributed by atoms with Crippen LogP contribution < -0.4 is 4.72 Å². The van der Waals surface area contributed by atoms with Crippen molar-refractivity contribution in [1.82, 2.24) is 4.72 Å². The molecule has 1 rings (SSSR count). The molecule has 0 radical (unpaired) electrons. The summed E-state index contributed by atoms with van der Waals surface area (Å²) < 4.78 is 32.9. The zero-order valence-corrected chi connectivity index (χ0v) is 13.9. The number of hydrogen-bond acceptors (Lipinski definition) is 4. The van der Waals surface area contributed by atoms with Crippen LogP contribution >= 0.6 is 0 Å². The smallest absolute Gasteiger partial charge is 0.240 e. The standard InChI is InChI=1S/C15H25NO4S/c1-5-20-10-15(11(2)3)16-21(18,19)14-8-6-7-13(9-14)12(4)17/h6-9,11-12,15-17H,5,10H2,1-4H3. The number of hydrogen-bond donors (Lipinski definition) is 2. The van der Waals surface area contributed by atoms with E-state index in [2.05, 4.69) is 4.72 Å². The van der Waals surface area contributed by atoms with Crippen molar-refractivity contribution in [3.8, 4) is 0 Å². The number of aliphatic hydroxyl groups is 1. The van der Waals surface area contributed by atoms with Crippen LogP contribution in [-0.2, 0) is 14.8 Å². The first kappa shape index (κ1) is 18.1. The summed E-state index contributed by atoms with van der Waals surface area (Å²) in [5, 5.41) is 9.56.